The number of benzene rings is 1. The third kappa shape index (κ3) is 4.89. The molecule has 10 heteroatoms. The monoisotopic (exact) mass is 400 g/mol. The second-order valence-corrected chi connectivity index (χ2v) is 6.48. The molecule has 2 aromatic rings. The predicted molar refractivity (Wildman–Crippen MR) is 105 cm³/mol. The summed E-state index contributed by atoms with van der Waals surface area (Å²) >= 11 is 5.79. The van der Waals surface area contributed by atoms with Gasteiger partial charge in [0.25, 0.3) is 5.96 Å². The van der Waals surface area contributed by atoms with Crippen molar-refractivity contribution in [2.75, 3.05) is 13.1 Å². The van der Waals surface area contributed by atoms with Crippen LogP contribution in [0.5, 0.6) is 0 Å². The van der Waals surface area contributed by atoms with Crippen molar-refractivity contribution < 1.29 is 9.83 Å². The van der Waals surface area contributed by atoms with Crippen LogP contribution in [-0.4, -0.2) is 51.0 Å². The van der Waals surface area contributed by atoms with Crippen molar-refractivity contribution in [3.05, 3.63) is 69.0 Å². The van der Waals surface area contributed by atoms with Gasteiger partial charge < -0.3 is 4.90 Å². The number of aliphatic imine (C=N–C) groups is 1. The van der Waals surface area contributed by atoms with E-state index in [1.807, 2.05) is 6.07 Å². The number of aromatic nitrogens is 1. The molecular formula is C18H17ClN6O3. The molecule has 144 valence electrons. The SMILES string of the molecule is CC(=O)c1ccc(N=CN2CCN(Cc3ccc(Cl)nc3)C2=N[N+](=O)[O-])cc1. The summed E-state index contributed by atoms with van der Waals surface area (Å²) in [5.74, 6) is 0.173. The molecule has 1 aromatic heterocycles. The number of hydrogen-bond donors (Lipinski definition) is 0. The Bertz CT molecular complexity index is 927. The molecule has 1 saturated heterocycles. The molecule has 0 radical (unpaired) electrons. The Morgan fingerprint density at radius 1 is 1.29 bits per heavy atom. The highest BCUT2D eigenvalue weighted by Crippen LogP contribution is 2.16. The van der Waals surface area contributed by atoms with E-state index in [1.54, 1.807) is 46.3 Å². The Morgan fingerprint density at radius 2 is 2.04 bits per heavy atom. The van der Waals surface area contributed by atoms with Gasteiger partial charge in [-0.2, -0.15) is 0 Å². The molecule has 0 saturated carbocycles. The minimum absolute atomic E-state index is 0.0252. The number of pyridine rings is 1. The Morgan fingerprint density at radius 3 is 2.64 bits per heavy atom. The van der Waals surface area contributed by atoms with E-state index in [9.17, 15) is 14.9 Å². The number of guanidine groups is 1. The van der Waals surface area contributed by atoms with Crippen molar-refractivity contribution in [1.29, 1.82) is 0 Å². The van der Waals surface area contributed by atoms with Gasteiger partial charge in [-0.05, 0) is 42.8 Å². The van der Waals surface area contributed by atoms with Crippen molar-refractivity contribution in [3.8, 4) is 0 Å². The number of hydrazone groups is 1. The lowest BCUT2D eigenvalue weighted by atomic mass is 10.1. The third-order valence-corrected chi connectivity index (χ3v) is 4.33. The molecule has 0 unspecified atom stereocenters. The normalized spacial score (nSPS) is 15.6. The number of nitrogens with zero attached hydrogens (tertiary/aromatic N) is 6. The molecule has 0 spiro atoms. The van der Waals surface area contributed by atoms with Crippen molar-refractivity contribution in [1.82, 2.24) is 14.8 Å². The fourth-order valence-electron chi connectivity index (χ4n) is 2.70. The average molecular weight is 401 g/mol. The summed E-state index contributed by atoms with van der Waals surface area (Å²) in [6.07, 6.45) is 3.13. The number of carbonyl (C=O) groups excluding carboxylic acids is 1. The highest BCUT2D eigenvalue weighted by atomic mass is 35.5. The number of nitro groups is 1. The van der Waals surface area contributed by atoms with Gasteiger partial charge in [0.1, 0.15) is 10.3 Å². The van der Waals surface area contributed by atoms with Crippen molar-refractivity contribution in [2.45, 2.75) is 13.5 Å². The maximum atomic E-state index is 11.3. The summed E-state index contributed by atoms with van der Waals surface area (Å²) in [5.41, 5.74) is 2.09. The molecule has 1 aromatic carbocycles. The van der Waals surface area contributed by atoms with Crippen molar-refractivity contribution >= 4 is 35.4 Å². The Kier molecular flexibility index (Phi) is 5.95. The fraction of sp³-hybridized carbons (Fsp3) is 0.222. The van der Waals surface area contributed by atoms with Crippen LogP contribution in [0.3, 0.4) is 0 Å². The van der Waals surface area contributed by atoms with Crippen molar-refractivity contribution in [3.63, 3.8) is 0 Å². The number of rotatable bonds is 6. The van der Waals surface area contributed by atoms with Gasteiger partial charge in [-0.15, -0.1) is 0 Å². The van der Waals surface area contributed by atoms with E-state index in [-0.39, 0.29) is 11.7 Å². The van der Waals surface area contributed by atoms with Gasteiger partial charge in [0.15, 0.2) is 10.8 Å². The smallest absolute Gasteiger partial charge is 0.279 e. The van der Waals surface area contributed by atoms with E-state index in [1.165, 1.54) is 13.3 Å². The second-order valence-electron chi connectivity index (χ2n) is 6.09. The molecule has 9 nitrogen and oxygen atoms in total. The van der Waals surface area contributed by atoms with Crippen molar-refractivity contribution in [2.24, 2.45) is 10.1 Å². The van der Waals surface area contributed by atoms with E-state index in [2.05, 4.69) is 15.1 Å². The van der Waals surface area contributed by atoms with E-state index >= 15 is 0 Å². The molecule has 1 aliphatic rings. The molecule has 0 N–H and O–H groups in total. The van der Waals surface area contributed by atoms with E-state index in [0.29, 0.717) is 36.0 Å². The minimum atomic E-state index is -0.726. The molecule has 0 amide bonds. The zero-order chi connectivity index (χ0) is 20.1. The first-order chi connectivity index (χ1) is 13.4. The van der Waals surface area contributed by atoms with Gasteiger partial charge in [0.05, 0.1) is 12.0 Å². The molecular weight excluding hydrogens is 384 g/mol. The first kappa shape index (κ1) is 19.4. The summed E-state index contributed by atoms with van der Waals surface area (Å²) in [4.78, 5) is 34.1. The lowest BCUT2D eigenvalue weighted by Gasteiger charge is -2.17. The number of Topliss-reactive ketones (excluding diaryl/α,β-unsaturated/α-hetero) is 1. The maximum absolute atomic E-state index is 11.3. The Hall–Kier alpha value is -3.33. The first-order valence-electron chi connectivity index (χ1n) is 8.42. The van der Waals surface area contributed by atoms with Gasteiger partial charge in [0.2, 0.25) is 0 Å². The van der Waals surface area contributed by atoms with Crippen LogP contribution in [0.4, 0.5) is 5.69 Å². The summed E-state index contributed by atoms with van der Waals surface area (Å²) in [6.45, 7) is 2.95. The Balaban J connectivity index is 1.75. The van der Waals surface area contributed by atoms with Gasteiger partial charge in [-0.25, -0.2) is 20.1 Å². The third-order valence-electron chi connectivity index (χ3n) is 4.10. The Labute approximate surface area is 166 Å². The lowest BCUT2D eigenvalue weighted by molar-refractivity contribution is -0.486. The number of halogens is 1. The minimum Gasteiger partial charge on any atom is -0.331 e. The standard InChI is InChI=1S/C18H17ClN6O3/c1-13(26)15-3-5-16(6-4-15)21-12-24-9-8-23(18(24)22-25(27)28)11-14-2-7-17(19)20-10-14/h2-7,10,12H,8-9,11H2,1H3. The van der Waals surface area contributed by atoms with E-state index in [4.69, 9.17) is 11.6 Å². The van der Waals surface area contributed by atoms with Crippen LogP contribution in [-0.2, 0) is 6.54 Å². The number of ketones is 1. The maximum Gasteiger partial charge on any atom is 0.279 e. The van der Waals surface area contributed by atoms with Crippen LogP contribution in [0.1, 0.15) is 22.8 Å². The van der Waals surface area contributed by atoms with Crippen LogP contribution in [0.25, 0.3) is 0 Å². The summed E-state index contributed by atoms with van der Waals surface area (Å²) in [6, 6.07) is 10.3. The summed E-state index contributed by atoms with van der Waals surface area (Å²) < 4.78 is 0. The molecule has 0 bridgehead atoms. The highest BCUT2D eigenvalue weighted by Gasteiger charge is 2.29. The molecule has 0 aliphatic carbocycles. The van der Waals surface area contributed by atoms with Crippen LogP contribution in [0.2, 0.25) is 5.15 Å². The number of hydrogen-bond acceptors (Lipinski definition) is 5. The predicted octanol–water partition coefficient (Wildman–Crippen LogP) is 2.96. The molecule has 1 fully saturated rings. The van der Waals surface area contributed by atoms with Crippen LogP contribution in [0, 0.1) is 10.1 Å². The zero-order valence-electron chi connectivity index (χ0n) is 15.0. The highest BCUT2D eigenvalue weighted by molar-refractivity contribution is 6.29. The molecule has 1 aliphatic heterocycles. The lowest BCUT2D eigenvalue weighted by Crippen LogP contribution is -2.33. The first-order valence-corrected chi connectivity index (χ1v) is 8.80. The average Bonchev–Trinajstić information content (AvgIpc) is 3.03. The van der Waals surface area contributed by atoms with Gasteiger partial charge in [-0.3, -0.25) is 9.69 Å². The fourth-order valence-corrected chi connectivity index (χ4v) is 2.81. The molecule has 28 heavy (non-hydrogen) atoms. The quantitative estimate of drug-likeness (QED) is 0.184. The van der Waals surface area contributed by atoms with Crippen LogP contribution in [0.15, 0.2) is 52.7 Å². The summed E-state index contributed by atoms with van der Waals surface area (Å²) in [5, 5.41) is 14.1. The summed E-state index contributed by atoms with van der Waals surface area (Å²) in [7, 11) is 0. The van der Waals surface area contributed by atoms with Crippen LogP contribution >= 0.6 is 11.6 Å². The molecule has 3 rings (SSSR count). The van der Waals surface area contributed by atoms with Crippen LogP contribution < -0.4 is 0 Å². The van der Waals surface area contributed by atoms with E-state index in [0.717, 1.165) is 5.56 Å². The van der Waals surface area contributed by atoms with E-state index < -0.39 is 5.03 Å². The topological polar surface area (TPSA) is 104 Å². The number of carbonyl (C=O) groups is 1. The zero-order valence-corrected chi connectivity index (χ0v) is 15.8. The van der Waals surface area contributed by atoms with Gasteiger partial charge in [0, 0.05) is 31.4 Å². The van der Waals surface area contributed by atoms with Gasteiger partial charge >= 0.3 is 0 Å². The molecule has 2 heterocycles. The van der Waals surface area contributed by atoms with Gasteiger partial charge in [-0.1, -0.05) is 17.7 Å². The second kappa shape index (κ2) is 8.57. The largest absolute Gasteiger partial charge is 0.331 e. The molecule has 0 atom stereocenters.